The molecule has 0 spiro atoms. The lowest BCUT2D eigenvalue weighted by atomic mass is 10.1. The second-order valence-corrected chi connectivity index (χ2v) is 4.36. The van der Waals surface area contributed by atoms with Crippen LogP contribution in [0.5, 0.6) is 5.75 Å². The highest BCUT2D eigenvalue weighted by molar-refractivity contribution is 9.10. The Bertz CT molecular complexity index is 586. The summed E-state index contributed by atoms with van der Waals surface area (Å²) in [5.74, 6) is 0.765. The Labute approximate surface area is 107 Å². The zero-order valence-corrected chi connectivity index (χ0v) is 11.3. The summed E-state index contributed by atoms with van der Waals surface area (Å²) in [6.45, 7) is 1.73. The number of furan rings is 1. The van der Waals surface area contributed by atoms with Crippen LogP contribution < -0.4 is 4.74 Å². The van der Waals surface area contributed by atoms with Crippen LogP contribution in [0.15, 0.2) is 21.0 Å². The van der Waals surface area contributed by atoms with E-state index in [1.165, 1.54) is 7.11 Å². The van der Waals surface area contributed by atoms with Crippen LogP contribution in [0.4, 0.5) is 0 Å². The summed E-state index contributed by atoms with van der Waals surface area (Å²) in [6, 6.07) is 3.52. The number of methoxy groups -OCH3 is 2. The highest BCUT2D eigenvalue weighted by atomic mass is 79.9. The molecule has 90 valence electrons. The maximum atomic E-state index is 11.7. The minimum Gasteiger partial charge on any atom is -0.496 e. The van der Waals surface area contributed by atoms with Gasteiger partial charge in [0, 0.05) is 5.39 Å². The molecule has 0 aliphatic heterocycles. The number of aryl methyl sites for hydroxylation is 1. The summed E-state index contributed by atoms with van der Waals surface area (Å²) in [5.41, 5.74) is 1.06. The van der Waals surface area contributed by atoms with E-state index in [0.717, 1.165) is 4.47 Å². The monoisotopic (exact) mass is 298 g/mol. The number of hydrogen-bond acceptors (Lipinski definition) is 4. The molecule has 1 aromatic heterocycles. The van der Waals surface area contributed by atoms with Gasteiger partial charge in [0.05, 0.1) is 18.7 Å². The SMILES string of the molecule is COC(=O)c1c(C)oc2cc(Br)c(OC)cc12. The van der Waals surface area contributed by atoms with Crippen molar-refractivity contribution in [3.8, 4) is 5.75 Å². The van der Waals surface area contributed by atoms with E-state index in [1.54, 1.807) is 26.2 Å². The maximum absolute atomic E-state index is 11.7. The molecule has 0 saturated heterocycles. The van der Waals surface area contributed by atoms with Gasteiger partial charge in [-0.05, 0) is 35.0 Å². The van der Waals surface area contributed by atoms with Crippen molar-refractivity contribution in [3.63, 3.8) is 0 Å². The molecule has 0 unspecified atom stereocenters. The predicted octanol–water partition coefficient (Wildman–Crippen LogP) is 3.30. The molecule has 0 N–H and O–H groups in total. The first-order valence-electron chi connectivity index (χ1n) is 4.93. The first kappa shape index (κ1) is 12.0. The fraction of sp³-hybridized carbons (Fsp3) is 0.250. The van der Waals surface area contributed by atoms with E-state index in [1.807, 2.05) is 0 Å². The molecule has 0 atom stereocenters. The Kier molecular flexibility index (Phi) is 3.11. The highest BCUT2D eigenvalue weighted by Gasteiger charge is 2.20. The Morgan fingerprint density at radius 1 is 1.35 bits per heavy atom. The van der Waals surface area contributed by atoms with E-state index in [2.05, 4.69) is 15.9 Å². The molecular weight excluding hydrogens is 288 g/mol. The van der Waals surface area contributed by atoms with Gasteiger partial charge in [-0.25, -0.2) is 4.79 Å². The minimum absolute atomic E-state index is 0.411. The molecule has 0 bridgehead atoms. The highest BCUT2D eigenvalue weighted by Crippen LogP contribution is 2.34. The van der Waals surface area contributed by atoms with Crippen molar-refractivity contribution in [2.45, 2.75) is 6.92 Å². The van der Waals surface area contributed by atoms with Crippen molar-refractivity contribution in [1.82, 2.24) is 0 Å². The van der Waals surface area contributed by atoms with E-state index in [-0.39, 0.29) is 0 Å². The Hall–Kier alpha value is -1.49. The number of halogens is 1. The largest absolute Gasteiger partial charge is 0.496 e. The van der Waals surface area contributed by atoms with Crippen molar-refractivity contribution in [2.24, 2.45) is 0 Å². The molecule has 0 fully saturated rings. The summed E-state index contributed by atoms with van der Waals surface area (Å²) in [5, 5.41) is 0.689. The van der Waals surface area contributed by atoms with Crippen molar-refractivity contribution in [3.05, 3.63) is 27.9 Å². The summed E-state index contributed by atoms with van der Waals surface area (Å²) in [6.07, 6.45) is 0. The van der Waals surface area contributed by atoms with Gasteiger partial charge in [-0.1, -0.05) is 0 Å². The normalized spacial score (nSPS) is 10.6. The van der Waals surface area contributed by atoms with Gasteiger partial charge >= 0.3 is 5.97 Å². The van der Waals surface area contributed by atoms with Crippen molar-refractivity contribution in [2.75, 3.05) is 14.2 Å². The zero-order chi connectivity index (χ0) is 12.6. The summed E-state index contributed by atoms with van der Waals surface area (Å²) >= 11 is 3.36. The Morgan fingerprint density at radius 2 is 2.06 bits per heavy atom. The number of ether oxygens (including phenoxy) is 2. The van der Waals surface area contributed by atoms with Crippen molar-refractivity contribution < 1.29 is 18.7 Å². The van der Waals surface area contributed by atoms with Crippen LogP contribution in [0.1, 0.15) is 16.1 Å². The average molecular weight is 299 g/mol. The first-order chi connectivity index (χ1) is 8.08. The average Bonchev–Trinajstić information content (AvgIpc) is 2.62. The third-order valence-corrected chi connectivity index (χ3v) is 3.15. The molecule has 0 amide bonds. The van der Waals surface area contributed by atoms with Crippen LogP contribution in [-0.4, -0.2) is 20.2 Å². The third-order valence-electron chi connectivity index (χ3n) is 2.53. The van der Waals surface area contributed by atoms with E-state index < -0.39 is 5.97 Å². The molecule has 2 rings (SSSR count). The van der Waals surface area contributed by atoms with Crippen LogP contribution in [-0.2, 0) is 4.74 Å². The summed E-state index contributed by atoms with van der Waals surface area (Å²) < 4.78 is 16.2. The number of esters is 1. The van der Waals surface area contributed by atoms with Gasteiger partial charge in [0.15, 0.2) is 0 Å². The lowest BCUT2D eigenvalue weighted by Gasteiger charge is -2.03. The number of rotatable bonds is 2. The fourth-order valence-corrected chi connectivity index (χ4v) is 2.22. The lowest BCUT2D eigenvalue weighted by Crippen LogP contribution is -2.01. The van der Waals surface area contributed by atoms with E-state index in [9.17, 15) is 4.79 Å². The molecule has 1 aromatic carbocycles. The van der Waals surface area contributed by atoms with Crippen LogP contribution in [0.25, 0.3) is 11.0 Å². The predicted molar refractivity (Wildman–Crippen MR) is 66.5 cm³/mol. The van der Waals surface area contributed by atoms with E-state index in [4.69, 9.17) is 13.9 Å². The zero-order valence-electron chi connectivity index (χ0n) is 9.67. The molecule has 1 heterocycles. The molecular formula is C12H11BrO4. The Morgan fingerprint density at radius 3 is 2.65 bits per heavy atom. The molecule has 0 aliphatic rings. The van der Waals surface area contributed by atoms with E-state index in [0.29, 0.717) is 28.0 Å². The number of carbonyl (C=O) groups is 1. The van der Waals surface area contributed by atoms with Gasteiger partial charge in [-0.2, -0.15) is 0 Å². The van der Waals surface area contributed by atoms with Gasteiger partial charge in [0.1, 0.15) is 22.7 Å². The standard InChI is InChI=1S/C12H11BrO4/c1-6-11(12(14)16-3)7-4-10(15-2)8(13)5-9(7)17-6/h4-5H,1-3H3. The van der Waals surface area contributed by atoms with Crippen LogP contribution in [0.3, 0.4) is 0 Å². The number of carbonyl (C=O) groups excluding carboxylic acids is 1. The third kappa shape index (κ3) is 1.91. The molecule has 0 saturated carbocycles. The quantitative estimate of drug-likeness (QED) is 0.798. The fourth-order valence-electron chi connectivity index (χ4n) is 1.73. The topological polar surface area (TPSA) is 48.7 Å². The van der Waals surface area contributed by atoms with Crippen LogP contribution >= 0.6 is 15.9 Å². The molecule has 0 radical (unpaired) electrons. The van der Waals surface area contributed by atoms with Crippen molar-refractivity contribution in [1.29, 1.82) is 0 Å². The molecule has 4 nitrogen and oxygen atoms in total. The van der Waals surface area contributed by atoms with Gasteiger partial charge in [0.2, 0.25) is 0 Å². The molecule has 2 aromatic rings. The molecule has 17 heavy (non-hydrogen) atoms. The molecule has 5 heteroatoms. The second-order valence-electron chi connectivity index (χ2n) is 3.51. The van der Waals surface area contributed by atoms with Gasteiger partial charge in [0.25, 0.3) is 0 Å². The van der Waals surface area contributed by atoms with Crippen LogP contribution in [0, 0.1) is 6.92 Å². The lowest BCUT2D eigenvalue weighted by molar-refractivity contribution is 0.0601. The Balaban J connectivity index is 2.76. The van der Waals surface area contributed by atoms with Crippen molar-refractivity contribution >= 4 is 32.9 Å². The van der Waals surface area contributed by atoms with Gasteiger partial charge in [-0.3, -0.25) is 0 Å². The summed E-state index contributed by atoms with van der Waals surface area (Å²) in [7, 11) is 2.91. The minimum atomic E-state index is -0.411. The van der Waals surface area contributed by atoms with E-state index >= 15 is 0 Å². The number of benzene rings is 1. The second kappa shape index (κ2) is 4.41. The molecule has 0 aliphatic carbocycles. The van der Waals surface area contributed by atoms with Gasteiger partial charge in [-0.15, -0.1) is 0 Å². The summed E-state index contributed by atoms with van der Waals surface area (Å²) in [4.78, 5) is 11.7. The van der Waals surface area contributed by atoms with Crippen LogP contribution in [0.2, 0.25) is 0 Å². The smallest absolute Gasteiger partial charge is 0.342 e. The van der Waals surface area contributed by atoms with Gasteiger partial charge < -0.3 is 13.9 Å². The number of hydrogen-bond donors (Lipinski definition) is 0. The number of fused-ring (bicyclic) bond motifs is 1. The maximum Gasteiger partial charge on any atom is 0.342 e. The first-order valence-corrected chi connectivity index (χ1v) is 5.72.